The fourth-order valence-corrected chi connectivity index (χ4v) is 4.95. The van der Waals surface area contributed by atoms with Gasteiger partial charge in [0.25, 0.3) is 0 Å². The van der Waals surface area contributed by atoms with Crippen LogP contribution in [0.4, 0.5) is 0 Å². The molecular formula is C23H26O. The van der Waals surface area contributed by atoms with E-state index in [0.29, 0.717) is 17.6 Å². The van der Waals surface area contributed by atoms with Crippen LogP contribution in [0.2, 0.25) is 0 Å². The van der Waals surface area contributed by atoms with Gasteiger partial charge >= 0.3 is 0 Å². The van der Waals surface area contributed by atoms with E-state index in [0.717, 1.165) is 32.1 Å². The first-order valence-electron chi connectivity index (χ1n) is 9.34. The molecule has 0 aromatic heterocycles. The van der Waals surface area contributed by atoms with Crippen molar-refractivity contribution in [2.45, 2.75) is 44.9 Å². The van der Waals surface area contributed by atoms with Gasteiger partial charge in [-0.25, -0.2) is 0 Å². The fourth-order valence-electron chi connectivity index (χ4n) is 4.95. The first-order valence-corrected chi connectivity index (χ1v) is 9.34. The van der Waals surface area contributed by atoms with E-state index in [2.05, 4.69) is 61.6 Å². The van der Waals surface area contributed by atoms with E-state index in [4.69, 9.17) is 0 Å². The van der Waals surface area contributed by atoms with Crippen LogP contribution in [0.15, 0.2) is 60.2 Å². The van der Waals surface area contributed by atoms with Gasteiger partial charge in [0.05, 0.1) is 0 Å². The highest BCUT2D eigenvalue weighted by molar-refractivity contribution is 5.85. The van der Waals surface area contributed by atoms with Crippen molar-refractivity contribution in [2.24, 2.45) is 17.8 Å². The molecule has 4 rings (SSSR count). The summed E-state index contributed by atoms with van der Waals surface area (Å²) in [6, 6.07) is 8.73. The number of ketones is 1. The Morgan fingerprint density at radius 3 is 2.54 bits per heavy atom. The number of rotatable bonds is 4. The molecule has 0 radical (unpaired) electrons. The van der Waals surface area contributed by atoms with Gasteiger partial charge in [0, 0.05) is 11.8 Å². The van der Waals surface area contributed by atoms with E-state index in [1.54, 1.807) is 0 Å². The molecule has 0 bridgehead atoms. The number of carbonyl (C=O) groups is 1. The molecule has 3 atom stereocenters. The Bertz CT molecular complexity index is 713. The van der Waals surface area contributed by atoms with Crippen LogP contribution in [0.1, 0.15) is 49.1 Å². The predicted molar refractivity (Wildman–Crippen MR) is 98.8 cm³/mol. The maximum Gasteiger partial charge on any atom is 0.140 e. The summed E-state index contributed by atoms with van der Waals surface area (Å²) in [6.45, 7) is 2.21. The van der Waals surface area contributed by atoms with Gasteiger partial charge in [0.1, 0.15) is 5.78 Å². The summed E-state index contributed by atoms with van der Waals surface area (Å²) in [6.07, 6.45) is 16.1. The molecule has 0 N–H and O–H groups in total. The van der Waals surface area contributed by atoms with E-state index >= 15 is 0 Å². The number of Topliss-reactive ketones (excluding diaryl/α,β-unsaturated/α-hetero) is 1. The van der Waals surface area contributed by atoms with Gasteiger partial charge in [0.15, 0.2) is 0 Å². The number of hydrogen-bond donors (Lipinski definition) is 0. The zero-order chi connectivity index (χ0) is 16.5. The normalized spacial score (nSPS) is 29.4. The summed E-state index contributed by atoms with van der Waals surface area (Å²) in [4.78, 5) is 13.2. The highest BCUT2D eigenvalue weighted by Crippen LogP contribution is 2.49. The van der Waals surface area contributed by atoms with Crippen LogP contribution in [0.25, 0.3) is 0 Å². The van der Waals surface area contributed by atoms with Crippen molar-refractivity contribution < 1.29 is 4.79 Å². The minimum atomic E-state index is 0.214. The summed E-state index contributed by atoms with van der Waals surface area (Å²) in [5, 5.41) is 0. The molecule has 0 amide bonds. The molecule has 0 heterocycles. The van der Waals surface area contributed by atoms with E-state index in [-0.39, 0.29) is 11.8 Å². The lowest BCUT2D eigenvalue weighted by atomic mass is 9.80. The van der Waals surface area contributed by atoms with E-state index < -0.39 is 0 Å². The van der Waals surface area contributed by atoms with Gasteiger partial charge in [-0.3, -0.25) is 4.79 Å². The highest BCUT2D eigenvalue weighted by atomic mass is 16.1. The number of benzene rings is 1. The summed E-state index contributed by atoms with van der Waals surface area (Å²) >= 11 is 0. The third kappa shape index (κ3) is 2.81. The fraction of sp³-hybridized carbons (Fsp3) is 0.435. The average molecular weight is 318 g/mol. The van der Waals surface area contributed by atoms with Crippen LogP contribution < -0.4 is 0 Å². The molecule has 3 aliphatic carbocycles. The molecule has 1 aromatic rings. The SMILES string of the molecule is Cc1ccccc1C1CC(C(=O)C2CC=CC2)C(C2=CC=CC2)C1. The third-order valence-corrected chi connectivity index (χ3v) is 6.24. The second-order valence-corrected chi connectivity index (χ2v) is 7.65. The molecule has 0 spiro atoms. The second kappa shape index (κ2) is 6.55. The summed E-state index contributed by atoms with van der Waals surface area (Å²) in [5.74, 6) is 1.95. The van der Waals surface area contributed by atoms with Crippen molar-refractivity contribution in [1.82, 2.24) is 0 Å². The molecule has 124 valence electrons. The minimum absolute atomic E-state index is 0.214. The average Bonchev–Trinajstić information content (AvgIpc) is 3.34. The zero-order valence-corrected chi connectivity index (χ0v) is 14.4. The molecule has 3 unspecified atom stereocenters. The monoisotopic (exact) mass is 318 g/mol. The first-order chi connectivity index (χ1) is 11.7. The topological polar surface area (TPSA) is 17.1 Å². The van der Waals surface area contributed by atoms with Crippen molar-refractivity contribution >= 4 is 5.78 Å². The Kier molecular flexibility index (Phi) is 4.26. The Morgan fingerprint density at radius 2 is 1.83 bits per heavy atom. The lowest BCUT2D eigenvalue weighted by Gasteiger charge is -2.22. The molecule has 24 heavy (non-hydrogen) atoms. The van der Waals surface area contributed by atoms with E-state index in [9.17, 15) is 4.79 Å². The van der Waals surface area contributed by atoms with E-state index in [1.165, 1.54) is 16.7 Å². The third-order valence-electron chi connectivity index (χ3n) is 6.24. The number of hydrogen-bond acceptors (Lipinski definition) is 1. The zero-order valence-electron chi connectivity index (χ0n) is 14.4. The maximum atomic E-state index is 13.2. The van der Waals surface area contributed by atoms with Crippen molar-refractivity contribution in [1.29, 1.82) is 0 Å². The molecule has 1 saturated carbocycles. The summed E-state index contributed by atoms with van der Waals surface area (Å²) < 4.78 is 0. The van der Waals surface area contributed by atoms with Crippen LogP contribution >= 0.6 is 0 Å². The van der Waals surface area contributed by atoms with Crippen LogP contribution in [-0.2, 0) is 4.79 Å². The quantitative estimate of drug-likeness (QED) is 0.667. The molecule has 0 saturated heterocycles. The smallest absolute Gasteiger partial charge is 0.140 e. The minimum Gasteiger partial charge on any atom is -0.299 e. The summed E-state index contributed by atoms with van der Waals surface area (Å²) in [7, 11) is 0. The van der Waals surface area contributed by atoms with Crippen LogP contribution in [-0.4, -0.2) is 5.78 Å². The largest absolute Gasteiger partial charge is 0.299 e. The standard InChI is InChI=1S/C23H26O/c1-16-8-2-7-13-20(16)19-14-21(17-9-3-4-10-17)22(15-19)23(24)18-11-5-6-12-18/h2-9,13,18-19,21-22H,10-12,14-15H2,1H3. The number of allylic oxidation sites excluding steroid dienone is 6. The Balaban J connectivity index is 1.60. The summed E-state index contributed by atoms with van der Waals surface area (Å²) in [5.41, 5.74) is 4.31. The first kappa shape index (κ1) is 15.6. The maximum absolute atomic E-state index is 13.2. The highest BCUT2D eigenvalue weighted by Gasteiger charge is 2.42. The number of carbonyl (C=O) groups excluding carboxylic acids is 1. The number of aryl methyl sites for hydroxylation is 1. The molecule has 1 aromatic carbocycles. The lowest BCUT2D eigenvalue weighted by molar-refractivity contribution is -0.127. The molecule has 1 fully saturated rings. The van der Waals surface area contributed by atoms with Crippen molar-refractivity contribution in [3.8, 4) is 0 Å². The van der Waals surface area contributed by atoms with Gasteiger partial charge in [-0.1, -0.05) is 60.2 Å². The van der Waals surface area contributed by atoms with Crippen LogP contribution in [0.3, 0.4) is 0 Å². The van der Waals surface area contributed by atoms with Gasteiger partial charge in [-0.2, -0.15) is 0 Å². The second-order valence-electron chi connectivity index (χ2n) is 7.65. The van der Waals surface area contributed by atoms with Crippen molar-refractivity contribution in [3.05, 3.63) is 71.3 Å². The lowest BCUT2D eigenvalue weighted by Crippen LogP contribution is -2.26. The van der Waals surface area contributed by atoms with Gasteiger partial charge in [-0.05, 0) is 62.0 Å². The molecule has 3 aliphatic rings. The molecule has 1 nitrogen and oxygen atoms in total. The van der Waals surface area contributed by atoms with Crippen LogP contribution in [0.5, 0.6) is 0 Å². The van der Waals surface area contributed by atoms with Crippen molar-refractivity contribution in [2.75, 3.05) is 0 Å². The van der Waals surface area contributed by atoms with E-state index in [1.807, 2.05) is 0 Å². The Labute approximate surface area is 145 Å². The molecule has 0 aliphatic heterocycles. The predicted octanol–water partition coefficient (Wildman–Crippen LogP) is 5.53. The van der Waals surface area contributed by atoms with Gasteiger partial charge < -0.3 is 0 Å². The Hall–Kier alpha value is -1.89. The van der Waals surface area contributed by atoms with Crippen molar-refractivity contribution in [3.63, 3.8) is 0 Å². The van der Waals surface area contributed by atoms with Gasteiger partial charge in [-0.15, -0.1) is 0 Å². The molecule has 1 heteroatoms. The Morgan fingerprint density at radius 1 is 1.04 bits per heavy atom. The van der Waals surface area contributed by atoms with Crippen LogP contribution in [0, 0.1) is 24.7 Å². The van der Waals surface area contributed by atoms with Gasteiger partial charge in [0.2, 0.25) is 0 Å². The molecular weight excluding hydrogens is 292 g/mol.